The van der Waals surface area contributed by atoms with Crippen molar-refractivity contribution >= 4 is 11.6 Å². The highest BCUT2D eigenvalue weighted by Crippen LogP contribution is 2.20. The van der Waals surface area contributed by atoms with Crippen LogP contribution in [0.2, 0.25) is 0 Å². The number of ether oxygens (including phenoxy) is 1. The molecule has 0 radical (unpaired) electrons. The average Bonchev–Trinajstić information content (AvgIpc) is 2.40. The standard InChI is InChI=1S/C14H15NO3/c1-2-3-4-8-18-12-9-11(16)13-10(14(12)17)6-5-7-15-13/h5-7,9H,2-4,8H2,1H3. The summed E-state index contributed by atoms with van der Waals surface area (Å²) in [7, 11) is 0. The number of ketones is 2. The number of hydrogen-bond acceptors (Lipinski definition) is 4. The lowest BCUT2D eigenvalue weighted by Crippen LogP contribution is -2.20. The number of allylic oxidation sites excluding steroid dienone is 2. The van der Waals surface area contributed by atoms with Gasteiger partial charge in [0, 0.05) is 12.3 Å². The summed E-state index contributed by atoms with van der Waals surface area (Å²) in [5.74, 6) is -0.388. The molecule has 0 fully saturated rings. The third-order valence-electron chi connectivity index (χ3n) is 2.78. The van der Waals surface area contributed by atoms with Crippen LogP contribution in [-0.4, -0.2) is 23.2 Å². The zero-order valence-corrected chi connectivity index (χ0v) is 10.3. The molecule has 0 N–H and O–H groups in total. The third-order valence-corrected chi connectivity index (χ3v) is 2.78. The van der Waals surface area contributed by atoms with Crippen LogP contribution in [0.25, 0.3) is 0 Å². The van der Waals surface area contributed by atoms with Crippen molar-refractivity contribution < 1.29 is 14.3 Å². The molecule has 0 spiro atoms. The highest BCUT2D eigenvalue weighted by atomic mass is 16.5. The number of unbranched alkanes of at least 4 members (excludes halogenated alkanes) is 2. The van der Waals surface area contributed by atoms with E-state index >= 15 is 0 Å². The summed E-state index contributed by atoms with van der Waals surface area (Å²) in [4.78, 5) is 27.7. The van der Waals surface area contributed by atoms with Crippen LogP contribution < -0.4 is 0 Å². The molecular weight excluding hydrogens is 230 g/mol. The first-order chi connectivity index (χ1) is 8.74. The summed E-state index contributed by atoms with van der Waals surface area (Å²) in [6.45, 7) is 2.56. The molecule has 0 aromatic carbocycles. The Morgan fingerprint density at radius 2 is 2.11 bits per heavy atom. The molecule has 1 aromatic heterocycles. The van der Waals surface area contributed by atoms with E-state index in [9.17, 15) is 9.59 Å². The van der Waals surface area contributed by atoms with Gasteiger partial charge in [-0.3, -0.25) is 14.6 Å². The number of hydrogen-bond donors (Lipinski definition) is 0. The molecule has 4 nitrogen and oxygen atoms in total. The quantitative estimate of drug-likeness (QED) is 0.748. The van der Waals surface area contributed by atoms with Gasteiger partial charge in [0.2, 0.25) is 11.6 Å². The fourth-order valence-electron chi connectivity index (χ4n) is 1.81. The van der Waals surface area contributed by atoms with E-state index < -0.39 is 0 Å². The fourth-order valence-corrected chi connectivity index (χ4v) is 1.81. The number of Topliss-reactive ketones (excluding diaryl/α,β-unsaturated/α-hetero) is 1. The molecule has 0 amide bonds. The maximum atomic E-state index is 12.0. The number of aromatic nitrogens is 1. The van der Waals surface area contributed by atoms with Crippen LogP contribution in [0, 0.1) is 0 Å². The van der Waals surface area contributed by atoms with E-state index in [4.69, 9.17) is 4.74 Å². The Morgan fingerprint density at radius 1 is 1.28 bits per heavy atom. The Hall–Kier alpha value is -1.97. The summed E-state index contributed by atoms with van der Waals surface area (Å²) in [6.07, 6.45) is 5.76. The molecule has 1 heterocycles. The number of rotatable bonds is 5. The lowest BCUT2D eigenvalue weighted by molar-refractivity contribution is 0.0877. The van der Waals surface area contributed by atoms with Crippen LogP contribution in [0.4, 0.5) is 0 Å². The number of fused-ring (bicyclic) bond motifs is 1. The SMILES string of the molecule is CCCCCOC1=CC(=O)c2ncccc2C1=O. The Bertz CT molecular complexity index is 506. The Kier molecular flexibility index (Phi) is 3.87. The second-order valence-electron chi connectivity index (χ2n) is 4.16. The van der Waals surface area contributed by atoms with E-state index in [0.717, 1.165) is 19.3 Å². The van der Waals surface area contributed by atoms with Gasteiger partial charge in [-0.15, -0.1) is 0 Å². The largest absolute Gasteiger partial charge is 0.489 e. The Balaban J connectivity index is 2.11. The van der Waals surface area contributed by atoms with Gasteiger partial charge in [-0.1, -0.05) is 19.8 Å². The van der Waals surface area contributed by atoms with Gasteiger partial charge in [0.1, 0.15) is 5.69 Å². The van der Waals surface area contributed by atoms with Gasteiger partial charge in [0.15, 0.2) is 5.76 Å². The fraction of sp³-hybridized carbons (Fsp3) is 0.357. The number of nitrogens with zero attached hydrogens (tertiary/aromatic N) is 1. The molecule has 1 aliphatic carbocycles. The van der Waals surface area contributed by atoms with Crippen LogP contribution in [-0.2, 0) is 4.74 Å². The molecule has 2 rings (SSSR count). The Morgan fingerprint density at radius 3 is 2.89 bits per heavy atom. The predicted octanol–water partition coefficient (Wildman–Crippen LogP) is 2.55. The van der Waals surface area contributed by atoms with E-state index in [1.807, 2.05) is 0 Å². The molecule has 0 aliphatic heterocycles. The van der Waals surface area contributed by atoms with Gasteiger partial charge in [0.05, 0.1) is 12.2 Å². The van der Waals surface area contributed by atoms with Gasteiger partial charge in [-0.05, 0) is 18.6 Å². The van der Waals surface area contributed by atoms with Crippen molar-refractivity contribution in [3.63, 3.8) is 0 Å². The molecule has 0 saturated carbocycles. The first-order valence-electron chi connectivity index (χ1n) is 6.12. The summed E-state index contributed by atoms with van der Waals surface area (Å²) >= 11 is 0. The molecule has 4 heteroatoms. The smallest absolute Gasteiger partial charge is 0.230 e. The van der Waals surface area contributed by atoms with Crippen molar-refractivity contribution in [2.75, 3.05) is 6.61 Å². The van der Waals surface area contributed by atoms with Gasteiger partial charge in [-0.2, -0.15) is 0 Å². The molecule has 1 aromatic rings. The van der Waals surface area contributed by atoms with Crippen molar-refractivity contribution in [2.24, 2.45) is 0 Å². The van der Waals surface area contributed by atoms with E-state index in [-0.39, 0.29) is 23.0 Å². The second kappa shape index (κ2) is 5.58. The summed E-state index contributed by atoms with van der Waals surface area (Å²) in [5, 5.41) is 0. The van der Waals surface area contributed by atoms with Crippen molar-refractivity contribution in [2.45, 2.75) is 26.2 Å². The minimum Gasteiger partial charge on any atom is -0.489 e. The first-order valence-corrected chi connectivity index (χ1v) is 6.12. The van der Waals surface area contributed by atoms with E-state index in [1.54, 1.807) is 12.1 Å². The van der Waals surface area contributed by atoms with Gasteiger partial charge < -0.3 is 4.74 Å². The average molecular weight is 245 g/mol. The highest BCUT2D eigenvalue weighted by Gasteiger charge is 2.27. The van der Waals surface area contributed by atoms with Crippen molar-refractivity contribution in [1.29, 1.82) is 0 Å². The topological polar surface area (TPSA) is 56.3 Å². The minimum absolute atomic E-state index is 0.136. The van der Waals surface area contributed by atoms with Crippen LogP contribution in [0.5, 0.6) is 0 Å². The molecule has 1 aliphatic rings. The summed E-state index contributed by atoms with van der Waals surface area (Å²) < 4.78 is 5.39. The van der Waals surface area contributed by atoms with Crippen molar-refractivity contribution in [1.82, 2.24) is 4.98 Å². The van der Waals surface area contributed by atoms with E-state index in [0.29, 0.717) is 12.2 Å². The number of carbonyl (C=O) groups is 2. The molecule has 18 heavy (non-hydrogen) atoms. The van der Waals surface area contributed by atoms with Gasteiger partial charge in [-0.25, -0.2) is 0 Å². The van der Waals surface area contributed by atoms with Crippen LogP contribution in [0.3, 0.4) is 0 Å². The van der Waals surface area contributed by atoms with Crippen LogP contribution >= 0.6 is 0 Å². The molecule has 94 valence electrons. The lowest BCUT2D eigenvalue weighted by atomic mass is 9.98. The maximum Gasteiger partial charge on any atom is 0.230 e. The minimum atomic E-state index is -0.268. The zero-order valence-electron chi connectivity index (χ0n) is 10.3. The van der Waals surface area contributed by atoms with Gasteiger partial charge >= 0.3 is 0 Å². The predicted molar refractivity (Wildman–Crippen MR) is 66.5 cm³/mol. The number of pyridine rings is 1. The van der Waals surface area contributed by atoms with E-state index in [1.165, 1.54) is 12.3 Å². The molecule has 0 bridgehead atoms. The third kappa shape index (κ3) is 2.47. The van der Waals surface area contributed by atoms with Gasteiger partial charge in [0.25, 0.3) is 0 Å². The molecular formula is C14H15NO3. The number of carbonyl (C=O) groups excluding carboxylic acids is 2. The van der Waals surface area contributed by atoms with Crippen molar-refractivity contribution in [3.05, 3.63) is 41.4 Å². The highest BCUT2D eigenvalue weighted by molar-refractivity contribution is 6.22. The normalized spacial score (nSPS) is 14.2. The summed E-state index contributed by atoms with van der Waals surface area (Å²) in [5.41, 5.74) is 0.541. The molecule has 0 atom stereocenters. The van der Waals surface area contributed by atoms with Crippen LogP contribution in [0.15, 0.2) is 30.2 Å². The monoisotopic (exact) mass is 245 g/mol. The Labute approximate surface area is 106 Å². The molecule has 0 saturated heterocycles. The summed E-state index contributed by atoms with van der Waals surface area (Å²) in [6, 6.07) is 3.25. The lowest BCUT2D eigenvalue weighted by Gasteiger charge is -2.14. The zero-order chi connectivity index (χ0) is 13.0. The van der Waals surface area contributed by atoms with Crippen molar-refractivity contribution in [3.8, 4) is 0 Å². The second-order valence-corrected chi connectivity index (χ2v) is 4.16. The first kappa shape index (κ1) is 12.5. The van der Waals surface area contributed by atoms with E-state index in [2.05, 4.69) is 11.9 Å². The molecule has 0 unspecified atom stereocenters. The van der Waals surface area contributed by atoms with Crippen LogP contribution in [0.1, 0.15) is 47.0 Å². The maximum absolute atomic E-state index is 12.0.